The first-order valence-electron chi connectivity index (χ1n) is 8.77. The van der Waals surface area contributed by atoms with Crippen LogP contribution in [0.15, 0.2) is 53.5 Å². The van der Waals surface area contributed by atoms with Gasteiger partial charge in [-0.1, -0.05) is 68.0 Å². The summed E-state index contributed by atoms with van der Waals surface area (Å²) in [5.41, 5.74) is 7.51. The summed E-state index contributed by atoms with van der Waals surface area (Å²) in [6.07, 6.45) is 0.830. The molecule has 0 saturated carbocycles. The first-order chi connectivity index (χ1) is 12.4. The fourth-order valence-electron chi connectivity index (χ4n) is 2.55. The van der Waals surface area contributed by atoms with Crippen LogP contribution in [0.4, 0.5) is 4.39 Å². The Kier molecular flexibility index (Phi) is 7.24. The number of nitrogens with two attached hydrogens (primary N) is 1. The van der Waals surface area contributed by atoms with E-state index in [4.69, 9.17) is 17.3 Å². The van der Waals surface area contributed by atoms with Crippen LogP contribution in [0.5, 0.6) is 0 Å². The van der Waals surface area contributed by atoms with Gasteiger partial charge in [-0.05, 0) is 37.1 Å². The number of nitrogens with zero attached hydrogens (tertiary/aromatic N) is 1. The van der Waals surface area contributed by atoms with Gasteiger partial charge in [-0.15, -0.1) is 0 Å². The van der Waals surface area contributed by atoms with Crippen LogP contribution < -0.4 is 5.73 Å². The van der Waals surface area contributed by atoms with Gasteiger partial charge in [-0.3, -0.25) is 4.99 Å². The molecule has 2 nitrogen and oxygen atoms in total. The van der Waals surface area contributed by atoms with E-state index >= 15 is 0 Å². The predicted octanol–water partition coefficient (Wildman–Crippen LogP) is 5.61. The average molecular weight is 371 g/mol. The molecular weight excluding hydrogens is 347 g/mol. The van der Waals surface area contributed by atoms with Crippen molar-refractivity contribution in [1.29, 1.82) is 0 Å². The van der Waals surface area contributed by atoms with Crippen LogP contribution in [0, 0.1) is 29.5 Å². The van der Waals surface area contributed by atoms with Crippen molar-refractivity contribution in [3.63, 3.8) is 0 Å². The molecule has 3 atom stereocenters. The normalized spacial score (nSPS) is 14.9. The van der Waals surface area contributed by atoms with E-state index in [1.54, 1.807) is 12.1 Å². The highest BCUT2D eigenvalue weighted by molar-refractivity contribution is 6.31. The predicted molar refractivity (Wildman–Crippen MR) is 108 cm³/mol. The number of amidine groups is 1. The van der Waals surface area contributed by atoms with Gasteiger partial charge in [-0.2, -0.15) is 0 Å². The van der Waals surface area contributed by atoms with Gasteiger partial charge in [0.1, 0.15) is 11.7 Å². The van der Waals surface area contributed by atoms with E-state index in [9.17, 15) is 4.39 Å². The Hall–Kier alpha value is -2.31. The van der Waals surface area contributed by atoms with E-state index in [2.05, 4.69) is 16.8 Å². The molecule has 0 aromatic heterocycles. The fraction of sp³-hybridized carbons (Fsp3) is 0.318. The molecule has 2 aromatic carbocycles. The number of hydrogen-bond acceptors (Lipinski definition) is 1. The van der Waals surface area contributed by atoms with Crippen LogP contribution in [-0.2, 0) is 0 Å². The molecule has 0 amide bonds. The maximum absolute atomic E-state index is 14.4. The lowest BCUT2D eigenvalue weighted by Crippen LogP contribution is -2.23. The largest absolute Gasteiger partial charge is 0.386 e. The van der Waals surface area contributed by atoms with Crippen molar-refractivity contribution in [3.8, 4) is 11.8 Å². The third-order valence-electron chi connectivity index (χ3n) is 4.42. The fourth-order valence-corrected chi connectivity index (χ4v) is 2.83. The van der Waals surface area contributed by atoms with Crippen molar-refractivity contribution in [2.24, 2.45) is 22.6 Å². The van der Waals surface area contributed by atoms with Crippen molar-refractivity contribution in [2.45, 2.75) is 33.2 Å². The van der Waals surface area contributed by atoms with E-state index in [0.29, 0.717) is 16.4 Å². The zero-order chi connectivity index (χ0) is 19.1. The molecule has 0 radical (unpaired) electrons. The monoisotopic (exact) mass is 370 g/mol. The molecular formula is C22H24ClFN2. The lowest BCUT2D eigenvalue weighted by Gasteiger charge is -2.22. The van der Waals surface area contributed by atoms with E-state index < -0.39 is 6.04 Å². The summed E-state index contributed by atoms with van der Waals surface area (Å²) < 4.78 is 14.4. The molecule has 136 valence electrons. The number of halogens is 2. The summed E-state index contributed by atoms with van der Waals surface area (Å²) >= 11 is 6.25. The minimum absolute atomic E-state index is 0.0947. The van der Waals surface area contributed by atoms with Crippen molar-refractivity contribution in [3.05, 3.63) is 70.5 Å². The molecule has 0 bridgehead atoms. The Morgan fingerprint density at radius 3 is 2.46 bits per heavy atom. The molecule has 3 unspecified atom stereocenters. The Balaban J connectivity index is 2.33. The van der Waals surface area contributed by atoms with Crippen molar-refractivity contribution >= 4 is 17.4 Å². The van der Waals surface area contributed by atoms with Crippen molar-refractivity contribution < 1.29 is 4.39 Å². The van der Waals surface area contributed by atoms with Gasteiger partial charge in [0, 0.05) is 16.1 Å². The second-order valence-electron chi connectivity index (χ2n) is 6.38. The zero-order valence-corrected chi connectivity index (χ0v) is 16.1. The first kappa shape index (κ1) is 20.0. The molecule has 0 aliphatic heterocycles. The van der Waals surface area contributed by atoms with Gasteiger partial charge in [0.25, 0.3) is 0 Å². The summed E-state index contributed by atoms with van der Waals surface area (Å²) in [5.74, 6) is 6.08. The highest BCUT2D eigenvalue weighted by Crippen LogP contribution is 2.35. The summed E-state index contributed by atoms with van der Waals surface area (Å²) in [4.78, 5) is 4.62. The standard InChI is InChI=1S/C22H24ClFN2/c1-4-15(2)21(20-18(23)11-8-12-19(20)24)26-22(25)16(3)13-14-17-9-6-5-7-10-17/h5-12,15-16,21H,4H2,1-3H3,(H2,25,26). The minimum Gasteiger partial charge on any atom is -0.386 e. The number of aliphatic imine (C=N–C) groups is 1. The van der Waals surface area contributed by atoms with Gasteiger partial charge in [0.15, 0.2) is 0 Å². The molecule has 26 heavy (non-hydrogen) atoms. The Morgan fingerprint density at radius 2 is 1.85 bits per heavy atom. The zero-order valence-electron chi connectivity index (χ0n) is 15.3. The highest BCUT2D eigenvalue weighted by atomic mass is 35.5. The van der Waals surface area contributed by atoms with Crippen LogP contribution in [0.3, 0.4) is 0 Å². The molecule has 0 heterocycles. The average Bonchev–Trinajstić information content (AvgIpc) is 2.65. The van der Waals surface area contributed by atoms with Crippen LogP contribution >= 0.6 is 11.6 Å². The smallest absolute Gasteiger partial charge is 0.130 e. The van der Waals surface area contributed by atoms with E-state index in [0.717, 1.165) is 12.0 Å². The molecule has 2 aromatic rings. The van der Waals surface area contributed by atoms with Crippen LogP contribution in [0.2, 0.25) is 5.02 Å². The maximum atomic E-state index is 14.4. The van der Waals surface area contributed by atoms with E-state index in [1.165, 1.54) is 6.07 Å². The Labute approximate surface area is 160 Å². The van der Waals surface area contributed by atoms with Gasteiger partial charge in [0.2, 0.25) is 0 Å². The summed E-state index contributed by atoms with van der Waals surface area (Å²) in [6.45, 7) is 5.95. The summed E-state index contributed by atoms with van der Waals surface area (Å²) in [7, 11) is 0. The highest BCUT2D eigenvalue weighted by Gasteiger charge is 2.24. The number of benzene rings is 2. The third kappa shape index (κ3) is 5.09. The maximum Gasteiger partial charge on any atom is 0.130 e. The van der Waals surface area contributed by atoms with Crippen molar-refractivity contribution in [1.82, 2.24) is 0 Å². The van der Waals surface area contributed by atoms with Gasteiger partial charge in [0.05, 0.1) is 12.0 Å². The Bertz CT molecular complexity index is 801. The molecule has 0 aliphatic carbocycles. The SMILES string of the molecule is CCC(C)C(N=C(N)C(C)C#Cc1ccccc1)c1c(F)cccc1Cl. The van der Waals surface area contributed by atoms with Gasteiger partial charge >= 0.3 is 0 Å². The topological polar surface area (TPSA) is 38.4 Å². The third-order valence-corrected chi connectivity index (χ3v) is 4.75. The molecule has 0 fully saturated rings. The van der Waals surface area contributed by atoms with Gasteiger partial charge < -0.3 is 5.73 Å². The van der Waals surface area contributed by atoms with Crippen LogP contribution in [0.25, 0.3) is 0 Å². The Morgan fingerprint density at radius 1 is 1.15 bits per heavy atom. The van der Waals surface area contributed by atoms with E-state index in [1.807, 2.05) is 51.1 Å². The lowest BCUT2D eigenvalue weighted by atomic mass is 9.92. The summed E-state index contributed by atoms with van der Waals surface area (Å²) in [6, 6.07) is 13.9. The number of rotatable bonds is 5. The molecule has 0 saturated heterocycles. The van der Waals surface area contributed by atoms with Gasteiger partial charge in [-0.25, -0.2) is 4.39 Å². The second-order valence-corrected chi connectivity index (χ2v) is 6.78. The summed E-state index contributed by atoms with van der Waals surface area (Å²) in [5, 5.41) is 0.370. The minimum atomic E-state index is -0.435. The quantitative estimate of drug-likeness (QED) is 0.414. The van der Waals surface area contributed by atoms with Crippen LogP contribution in [0.1, 0.15) is 44.4 Å². The molecule has 4 heteroatoms. The number of hydrogen-bond donors (Lipinski definition) is 1. The first-order valence-corrected chi connectivity index (χ1v) is 9.15. The van der Waals surface area contributed by atoms with Crippen molar-refractivity contribution in [2.75, 3.05) is 0 Å². The molecule has 0 aliphatic rings. The molecule has 2 rings (SSSR count). The van der Waals surface area contributed by atoms with E-state index in [-0.39, 0.29) is 17.7 Å². The molecule has 0 spiro atoms. The van der Waals surface area contributed by atoms with Crippen LogP contribution in [-0.4, -0.2) is 5.84 Å². The second kappa shape index (κ2) is 9.40. The molecule has 2 N–H and O–H groups in total. The lowest BCUT2D eigenvalue weighted by molar-refractivity contribution is 0.440.